The Balaban J connectivity index is 1.84. The molecule has 0 saturated carbocycles. The Kier molecular flexibility index (Phi) is 3.57. The maximum absolute atomic E-state index is 12.6. The maximum Gasteiger partial charge on any atom is 0.260 e. The molecule has 0 bridgehead atoms. The molecule has 4 heteroatoms. The fourth-order valence-electron chi connectivity index (χ4n) is 3.33. The molecule has 0 atom stereocenters. The highest BCUT2D eigenvalue weighted by Gasteiger charge is 2.20. The summed E-state index contributed by atoms with van der Waals surface area (Å²) in [6.07, 6.45) is 4.51. The Morgan fingerprint density at radius 3 is 2.61 bits per heavy atom. The fourth-order valence-corrected chi connectivity index (χ4v) is 4.59. The Labute approximate surface area is 139 Å². The summed E-state index contributed by atoms with van der Waals surface area (Å²) in [7, 11) is 0. The topological polar surface area (TPSA) is 45.8 Å². The number of aromatic nitrogens is 2. The lowest BCUT2D eigenvalue weighted by Crippen LogP contribution is -2.11. The van der Waals surface area contributed by atoms with E-state index in [1.807, 2.05) is 12.1 Å². The summed E-state index contributed by atoms with van der Waals surface area (Å²) in [5.41, 5.74) is 3.52. The third kappa shape index (κ3) is 2.51. The molecule has 3 aromatic rings. The van der Waals surface area contributed by atoms with E-state index in [0.717, 1.165) is 28.6 Å². The summed E-state index contributed by atoms with van der Waals surface area (Å²) in [6.45, 7) is 4.36. The summed E-state index contributed by atoms with van der Waals surface area (Å²) in [5, 5.41) is 0.826. The van der Waals surface area contributed by atoms with Crippen LogP contribution in [0.25, 0.3) is 21.6 Å². The molecule has 0 amide bonds. The predicted octanol–water partition coefficient (Wildman–Crippen LogP) is 4.65. The standard InChI is InChI=1S/C19H20N2OS/c1-11(2)12-7-9-13(10-8-12)17-20-18(22)16-14-5-3-4-6-15(14)23-19(16)21-17/h7-11H,3-6H2,1-2H3,(H,20,21,22). The normalized spacial score (nSPS) is 14.4. The molecule has 118 valence electrons. The smallest absolute Gasteiger partial charge is 0.260 e. The molecular formula is C19H20N2OS. The number of rotatable bonds is 2. The van der Waals surface area contributed by atoms with Gasteiger partial charge in [0.05, 0.1) is 5.39 Å². The van der Waals surface area contributed by atoms with Crippen LogP contribution in [0.15, 0.2) is 29.1 Å². The first kappa shape index (κ1) is 14.6. The van der Waals surface area contributed by atoms with Crippen LogP contribution in [0, 0.1) is 0 Å². The van der Waals surface area contributed by atoms with Crippen LogP contribution >= 0.6 is 11.3 Å². The number of H-pyrrole nitrogens is 1. The third-order valence-electron chi connectivity index (χ3n) is 4.68. The first-order valence-corrected chi connectivity index (χ1v) is 9.10. The molecular weight excluding hydrogens is 304 g/mol. The highest BCUT2D eigenvalue weighted by Crippen LogP contribution is 2.34. The van der Waals surface area contributed by atoms with Gasteiger partial charge in [-0.1, -0.05) is 38.1 Å². The highest BCUT2D eigenvalue weighted by atomic mass is 32.1. The summed E-state index contributed by atoms with van der Waals surface area (Å²) in [5.74, 6) is 1.18. The second-order valence-electron chi connectivity index (χ2n) is 6.58. The second kappa shape index (κ2) is 5.60. The number of nitrogens with one attached hydrogen (secondary N) is 1. The van der Waals surface area contributed by atoms with Crippen LogP contribution in [0.3, 0.4) is 0 Å². The number of nitrogens with zero attached hydrogens (tertiary/aromatic N) is 1. The zero-order valence-electron chi connectivity index (χ0n) is 13.5. The summed E-state index contributed by atoms with van der Waals surface area (Å²) >= 11 is 1.70. The van der Waals surface area contributed by atoms with E-state index in [9.17, 15) is 4.79 Å². The van der Waals surface area contributed by atoms with Crippen LogP contribution in [0.4, 0.5) is 0 Å². The number of aryl methyl sites for hydroxylation is 2. The van der Waals surface area contributed by atoms with E-state index < -0.39 is 0 Å². The van der Waals surface area contributed by atoms with Crippen molar-refractivity contribution < 1.29 is 0 Å². The van der Waals surface area contributed by atoms with Crippen molar-refractivity contribution in [2.24, 2.45) is 0 Å². The van der Waals surface area contributed by atoms with Crippen molar-refractivity contribution in [1.29, 1.82) is 0 Å². The molecule has 1 aromatic carbocycles. The van der Waals surface area contributed by atoms with Crippen LogP contribution in [0.5, 0.6) is 0 Å². The Morgan fingerprint density at radius 1 is 1.13 bits per heavy atom. The number of benzene rings is 1. The molecule has 23 heavy (non-hydrogen) atoms. The van der Waals surface area contributed by atoms with Gasteiger partial charge in [0.2, 0.25) is 0 Å². The molecule has 1 N–H and O–H groups in total. The van der Waals surface area contributed by atoms with Gasteiger partial charge in [0.1, 0.15) is 10.7 Å². The molecule has 1 aliphatic rings. The molecule has 0 fully saturated rings. The Morgan fingerprint density at radius 2 is 1.87 bits per heavy atom. The van der Waals surface area contributed by atoms with E-state index in [2.05, 4.69) is 31.0 Å². The average Bonchev–Trinajstić information content (AvgIpc) is 2.93. The molecule has 2 aromatic heterocycles. The first-order chi connectivity index (χ1) is 11.1. The molecule has 0 radical (unpaired) electrons. The first-order valence-electron chi connectivity index (χ1n) is 8.28. The molecule has 2 heterocycles. The lowest BCUT2D eigenvalue weighted by Gasteiger charge is -2.09. The lowest BCUT2D eigenvalue weighted by atomic mass is 9.97. The van der Waals surface area contributed by atoms with E-state index in [-0.39, 0.29) is 5.56 Å². The molecule has 4 rings (SSSR count). The SMILES string of the molecule is CC(C)c1ccc(-c2nc3sc4c(c3c(=O)[nH]2)CCCC4)cc1. The van der Waals surface area contributed by atoms with Crippen molar-refractivity contribution >= 4 is 21.6 Å². The van der Waals surface area contributed by atoms with Gasteiger partial charge in [0, 0.05) is 10.4 Å². The van der Waals surface area contributed by atoms with Crippen molar-refractivity contribution in [2.75, 3.05) is 0 Å². The van der Waals surface area contributed by atoms with Crippen molar-refractivity contribution in [3.8, 4) is 11.4 Å². The summed E-state index contributed by atoms with van der Waals surface area (Å²) in [6, 6.07) is 8.33. The number of fused-ring (bicyclic) bond motifs is 3. The number of hydrogen-bond donors (Lipinski definition) is 1. The summed E-state index contributed by atoms with van der Waals surface area (Å²) < 4.78 is 0. The van der Waals surface area contributed by atoms with E-state index in [1.54, 1.807) is 11.3 Å². The van der Waals surface area contributed by atoms with E-state index in [1.165, 1.54) is 28.8 Å². The van der Waals surface area contributed by atoms with E-state index in [4.69, 9.17) is 4.98 Å². The van der Waals surface area contributed by atoms with Crippen LogP contribution < -0.4 is 5.56 Å². The minimum Gasteiger partial charge on any atom is -0.306 e. The minimum absolute atomic E-state index is 0.0114. The van der Waals surface area contributed by atoms with Gasteiger partial charge in [0.25, 0.3) is 5.56 Å². The zero-order chi connectivity index (χ0) is 16.0. The van der Waals surface area contributed by atoms with E-state index >= 15 is 0 Å². The van der Waals surface area contributed by atoms with Gasteiger partial charge < -0.3 is 4.98 Å². The van der Waals surface area contributed by atoms with Gasteiger partial charge in [0.15, 0.2) is 0 Å². The van der Waals surface area contributed by atoms with Crippen LogP contribution in [0.1, 0.15) is 48.6 Å². The second-order valence-corrected chi connectivity index (χ2v) is 7.67. The number of aromatic amines is 1. The summed E-state index contributed by atoms with van der Waals surface area (Å²) in [4.78, 5) is 22.6. The van der Waals surface area contributed by atoms with Crippen molar-refractivity contribution in [2.45, 2.75) is 45.4 Å². The molecule has 1 aliphatic carbocycles. The average molecular weight is 324 g/mol. The monoisotopic (exact) mass is 324 g/mol. The highest BCUT2D eigenvalue weighted by molar-refractivity contribution is 7.18. The van der Waals surface area contributed by atoms with Gasteiger partial charge in [-0.2, -0.15) is 0 Å². The maximum atomic E-state index is 12.6. The van der Waals surface area contributed by atoms with Crippen LogP contribution in [-0.4, -0.2) is 9.97 Å². The lowest BCUT2D eigenvalue weighted by molar-refractivity contribution is 0.700. The van der Waals surface area contributed by atoms with Gasteiger partial charge in [-0.15, -0.1) is 11.3 Å². The van der Waals surface area contributed by atoms with Crippen molar-refractivity contribution in [3.05, 3.63) is 50.6 Å². The fraction of sp³-hybridized carbons (Fsp3) is 0.368. The molecule has 0 spiro atoms. The van der Waals surface area contributed by atoms with Gasteiger partial charge in [-0.3, -0.25) is 4.79 Å². The molecule has 3 nitrogen and oxygen atoms in total. The van der Waals surface area contributed by atoms with Gasteiger partial charge in [-0.05, 0) is 42.7 Å². The van der Waals surface area contributed by atoms with Crippen LogP contribution in [-0.2, 0) is 12.8 Å². The third-order valence-corrected chi connectivity index (χ3v) is 5.86. The predicted molar refractivity (Wildman–Crippen MR) is 96.4 cm³/mol. The quantitative estimate of drug-likeness (QED) is 0.745. The van der Waals surface area contributed by atoms with Crippen molar-refractivity contribution in [1.82, 2.24) is 9.97 Å². The largest absolute Gasteiger partial charge is 0.306 e. The molecule has 0 aliphatic heterocycles. The Bertz CT molecular complexity index is 919. The molecule has 0 unspecified atom stereocenters. The zero-order valence-corrected chi connectivity index (χ0v) is 14.3. The van der Waals surface area contributed by atoms with Crippen LogP contribution in [0.2, 0.25) is 0 Å². The van der Waals surface area contributed by atoms with Gasteiger partial charge in [-0.25, -0.2) is 4.98 Å². The molecule has 0 saturated heterocycles. The van der Waals surface area contributed by atoms with Crippen molar-refractivity contribution in [3.63, 3.8) is 0 Å². The van der Waals surface area contributed by atoms with Gasteiger partial charge >= 0.3 is 0 Å². The van der Waals surface area contributed by atoms with E-state index in [0.29, 0.717) is 11.7 Å². The number of thiophene rings is 1. The number of hydrogen-bond acceptors (Lipinski definition) is 3. The Hall–Kier alpha value is -1.94. The minimum atomic E-state index is 0.0114.